The lowest BCUT2D eigenvalue weighted by Crippen LogP contribution is -2.44. The monoisotopic (exact) mass is 331 g/mol. The zero-order chi connectivity index (χ0) is 13.4. The SMILES string of the molecule is Cl.Cl.Nc1cc(C(F)(C(F)F)C(F)(F)F)ccc1O. The molecule has 2 nitrogen and oxygen atoms in total. The molecule has 0 saturated heterocycles. The lowest BCUT2D eigenvalue weighted by atomic mass is 9.95. The fraction of sp³-hybridized carbons (Fsp3) is 0.333. The molecule has 1 aromatic carbocycles. The van der Waals surface area contributed by atoms with Crippen molar-refractivity contribution in [3.63, 3.8) is 0 Å². The van der Waals surface area contributed by atoms with Crippen LogP contribution in [-0.2, 0) is 5.67 Å². The standard InChI is InChI=1S/C9H7F6NO.2ClH/c10-7(11)8(12,9(13,14)15)4-1-2-6(17)5(16)3-4;;/h1-3,7,17H,16H2;2*1H. The molecule has 0 aliphatic heterocycles. The molecule has 0 heterocycles. The molecule has 1 atom stereocenters. The third-order valence-corrected chi connectivity index (χ3v) is 2.16. The molecule has 0 aromatic heterocycles. The minimum Gasteiger partial charge on any atom is -0.506 e. The molecule has 0 bridgehead atoms. The molecule has 0 radical (unpaired) electrons. The Morgan fingerprint density at radius 2 is 1.53 bits per heavy atom. The fourth-order valence-electron chi connectivity index (χ4n) is 1.19. The van der Waals surface area contributed by atoms with E-state index >= 15 is 0 Å². The molecule has 1 aromatic rings. The summed E-state index contributed by atoms with van der Waals surface area (Å²) in [4.78, 5) is 0. The Morgan fingerprint density at radius 3 is 1.84 bits per heavy atom. The van der Waals surface area contributed by atoms with E-state index in [4.69, 9.17) is 10.8 Å². The van der Waals surface area contributed by atoms with Crippen molar-refractivity contribution in [1.29, 1.82) is 0 Å². The van der Waals surface area contributed by atoms with Gasteiger partial charge in [-0.1, -0.05) is 6.07 Å². The highest BCUT2D eigenvalue weighted by Crippen LogP contribution is 2.47. The first-order valence-corrected chi connectivity index (χ1v) is 4.23. The number of phenolic OH excluding ortho intramolecular Hbond substituents is 1. The van der Waals surface area contributed by atoms with Gasteiger partial charge >= 0.3 is 6.18 Å². The van der Waals surface area contributed by atoms with Crippen molar-refractivity contribution in [2.75, 3.05) is 5.73 Å². The van der Waals surface area contributed by atoms with E-state index in [1.54, 1.807) is 0 Å². The van der Waals surface area contributed by atoms with Crippen LogP contribution in [0.3, 0.4) is 0 Å². The van der Waals surface area contributed by atoms with Gasteiger partial charge in [0.05, 0.1) is 5.69 Å². The zero-order valence-corrected chi connectivity index (χ0v) is 10.6. The highest BCUT2D eigenvalue weighted by Gasteiger charge is 2.64. The number of phenols is 1. The van der Waals surface area contributed by atoms with Gasteiger partial charge < -0.3 is 10.8 Å². The second-order valence-electron chi connectivity index (χ2n) is 3.28. The maximum absolute atomic E-state index is 13.5. The molecule has 0 aliphatic rings. The highest BCUT2D eigenvalue weighted by molar-refractivity contribution is 5.85. The Balaban J connectivity index is 0. The lowest BCUT2D eigenvalue weighted by molar-refractivity contribution is -0.274. The topological polar surface area (TPSA) is 46.2 Å². The number of hydrogen-bond donors (Lipinski definition) is 2. The summed E-state index contributed by atoms with van der Waals surface area (Å²) in [5.74, 6) is -0.618. The van der Waals surface area contributed by atoms with Gasteiger partial charge in [0.1, 0.15) is 5.75 Å². The zero-order valence-electron chi connectivity index (χ0n) is 8.92. The van der Waals surface area contributed by atoms with Crippen LogP contribution in [0.5, 0.6) is 5.75 Å². The third kappa shape index (κ3) is 3.50. The van der Waals surface area contributed by atoms with Crippen molar-refractivity contribution in [1.82, 2.24) is 0 Å². The molecular weight excluding hydrogens is 323 g/mol. The minimum atomic E-state index is -5.79. The van der Waals surface area contributed by atoms with E-state index in [-0.39, 0.29) is 24.8 Å². The van der Waals surface area contributed by atoms with Crippen LogP contribution in [0.2, 0.25) is 0 Å². The number of halogens is 8. The van der Waals surface area contributed by atoms with Gasteiger partial charge in [-0.2, -0.15) is 13.2 Å². The van der Waals surface area contributed by atoms with Gasteiger partial charge in [0.15, 0.2) is 0 Å². The van der Waals surface area contributed by atoms with E-state index in [2.05, 4.69) is 0 Å². The van der Waals surface area contributed by atoms with Crippen molar-refractivity contribution in [2.45, 2.75) is 18.3 Å². The summed E-state index contributed by atoms with van der Waals surface area (Å²) >= 11 is 0. The first-order valence-electron chi connectivity index (χ1n) is 4.23. The maximum Gasteiger partial charge on any atom is 0.432 e. The Kier molecular flexibility index (Phi) is 6.86. The van der Waals surface area contributed by atoms with Crippen molar-refractivity contribution < 1.29 is 31.4 Å². The molecule has 1 unspecified atom stereocenters. The molecular formula is C9H9Cl2F6NO. The predicted molar refractivity (Wildman–Crippen MR) is 61.9 cm³/mol. The average molecular weight is 332 g/mol. The summed E-state index contributed by atoms with van der Waals surface area (Å²) in [6.45, 7) is 0. The van der Waals surface area contributed by atoms with Gasteiger partial charge in [-0.3, -0.25) is 0 Å². The van der Waals surface area contributed by atoms with Crippen LogP contribution in [0.4, 0.5) is 32.0 Å². The smallest absolute Gasteiger partial charge is 0.432 e. The molecule has 0 aliphatic carbocycles. The number of nitrogen functional groups attached to an aromatic ring is 1. The second-order valence-corrected chi connectivity index (χ2v) is 3.28. The fourth-order valence-corrected chi connectivity index (χ4v) is 1.19. The molecule has 10 heteroatoms. The molecule has 112 valence electrons. The molecule has 0 saturated carbocycles. The molecule has 1 rings (SSSR count). The molecule has 3 N–H and O–H groups in total. The van der Waals surface area contributed by atoms with Crippen LogP contribution in [0.1, 0.15) is 5.56 Å². The summed E-state index contributed by atoms with van der Waals surface area (Å²) in [5, 5.41) is 8.93. The molecule has 0 spiro atoms. The largest absolute Gasteiger partial charge is 0.506 e. The van der Waals surface area contributed by atoms with E-state index in [1.165, 1.54) is 0 Å². The summed E-state index contributed by atoms with van der Waals surface area (Å²) < 4.78 is 75.0. The summed E-state index contributed by atoms with van der Waals surface area (Å²) in [7, 11) is 0. The predicted octanol–water partition coefficient (Wildman–Crippen LogP) is 3.81. The lowest BCUT2D eigenvalue weighted by Gasteiger charge is -2.27. The minimum absolute atomic E-state index is 0. The Morgan fingerprint density at radius 1 is 1.05 bits per heavy atom. The van der Waals surface area contributed by atoms with Crippen LogP contribution in [0.15, 0.2) is 18.2 Å². The van der Waals surface area contributed by atoms with Gasteiger partial charge in [0.2, 0.25) is 0 Å². The van der Waals surface area contributed by atoms with Crippen LogP contribution in [0.25, 0.3) is 0 Å². The van der Waals surface area contributed by atoms with E-state index in [9.17, 15) is 26.3 Å². The van der Waals surface area contributed by atoms with Gasteiger partial charge in [0.25, 0.3) is 12.1 Å². The van der Waals surface area contributed by atoms with Gasteiger partial charge in [0, 0.05) is 5.56 Å². The van der Waals surface area contributed by atoms with Crippen LogP contribution in [-0.4, -0.2) is 17.7 Å². The summed E-state index contributed by atoms with van der Waals surface area (Å²) in [5.41, 5.74) is -1.75. The van der Waals surface area contributed by atoms with Crippen LogP contribution >= 0.6 is 24.8 Å². The third-order valence-electron chi connectivity index (χ3n) is 2.16. The number of alkyl halides is 6. The normalized spacial score (nSPS) is 14.3. The van der Waals surface area contributed by atoms with E-state index < -0.39 is 35.3 Å². The van der Waals surface area contributed by atoms with E-state index in [0.717, 1.165) is 0 Å². The van der Waals surface area contributed by atoms with Crippen molar-refractivity contribution >= 4 is 30.5 Å². The quantitative estimate of drug-likeness (QED) is 0.491. The number of anilines is 1. The van der Waals surface area contributed by atoms with E-state index in [0.29, 0.717) is 18.2 Å². The van der Waals surface area contributed by atoms with Crippen LogP contribution in [0, 0.1) is 0 Å². The second kappa shape index (κ2) is 6.42. The van der Waals surface area contributed by atoms with Gasteiger partial charge in [-0.25, -0.2) is 13.2 Å². The molecule has 0 amide bonds. The number of rotatable bonds is 2. The van der Waals surface area contributed by atoms with Gasteiger partial charge in [-0.15, -0.1) is 24.8 Å². The van der Waals surface area contributed by atoms with Crippen molar-refractivity contribution in [3.05, 3.63) is 23.8 Å². The first-order chi connectivity index (χ1) is 7.60. The summed E-state index contributed by atoms with van der Waals surface area (Å²) in [6.07, 6.45) is -10.1. The summed E-state index contributed by atoms with van der Waals surface area (Å²) in [6, 6.07) is 1.35. The number of hydrogen-bond acceptors (Lipinski definition) is 2. The van der Waals surface area contributed by atoms with Gasteiger partial charge in [-0.05, 0) is 12.1 Å². The maximum atomic E-state index is 13.5. The number of benzene rings is 1. The number of aromatic hydroxyl groups is 1. The van der Waals surface area contributed by atoms with Crippen molar-refractivity contribution in [3.8, 4) is 5.75 Å². The van der Waals surface area contributed by atoms with E-state index in [1.807, 2.05) is 0 Å². The van der Waals surface area contributed by atoms with Crippen LogP contribution < -0.4 is 5.73 Å². The Labute approximate surface area is 116 Å². The average Bonchev–Trinajstić information content (AvgIpc) is 2.19. The molecule has 0 fully saturated rings. The Bertz CT molecular complexity index is 428. The highest BCUT2D eigenvalue weighted by atomic mass is 35.5. The van der Waals surface area contributed by atoms with Crippen molar-refractivity contribution in [2.24, 2.45) is 0 Å². The number of nitrogens with two attached hydrogens (primary N) is 1. The Hall–Kier alpha value is -1.02. The molecule has 19 heavy (non-hydrogen) atoms. The first kappa shape index (κ1) is 20.3.